The molecule has 7 heteroatoms. The maximum Gasteiger partial charge on any atom is 0.353 e. The largest absolute Gasteiger partial charge is 0.493 e. The summed E-state index contributed by atoms with van der Waals surface area (Å²) in [6.07, 6.45) is 0.300. The lowest BCUT2D eigenvalue weighted by Crippen LogP contribution is -2.49. The van der Waals surface area contributed by atoms with Crippen LogP contribution in [0.15, 0.2) is 24.3 Å². The molecule has 1 aromatic rings. The number of aliphatic carboxylic acids is 1. The van der Waals surface area contributed by atoms with Gasteiger partial charge >= 0.3 is 11.9 Å². The van der Waals surface area contributed by atoms with E-state index >= 15 is 0 Å². The van der Waals surface area contributed by atoms with Gasteiger partial charge in [0.15, 0.2) is 0 Å². The maximum absolute atomic E-state index is 14.3. The van der Waals surface area contributed by atoms with Gasteiger partial charge in [-0.3, -0.25) is 4.79 Å². The lowest BCUT2D eigenvalue weighted by molar-refractivity contribution is -0.153. The van der Waals surface area contributed by atoms with E-state index in [4.69, 9.17) is 9.84 Å². The van der Waals surface area contributed by atoms with Crippen LogP contribution in [0, 0.1) is 0 Å². The van der Waals surface area contributed by atoms with Crippen LogP contribution in [-0.2, 0) is 15.5 Å². The SMILES string of the molecule is CCOc1ccccc1C(F)(F)C(=O)NC1(C(=O)O)CC1. The predicted molar refractivity (Wildman–Crippen MR) is 69.2 cm³/mol. The van der Waals surface area contributed by atoms with Gasteiger partial charge in [-0.15, -0.1) is 0 Å². The maximum atomic E-state index is 14.3. The van der Waals surface area contributed by atoms with Crippen molar-refractivity contribution in [1.29, 1.82) is 0 Å². The Morgan fingerprint density at radius 2 is 2.00 bits per heavy atom. The van der Waals surface area contributed by atoms with Crippen molar-refractivity contribution in [2.45, 2.75) is 31.2 Å². The normalized spacial score (nSPS) is 16.1. The lowest BCUT2D eigenvalue weighted by Gasteiger charge is -2.21. The van der Waals surface area contributed by atoms with Gasteiger partial charge < -0.3 is 15.2 Å². The number of hydrogen-bond acceptors (Lipinski definition) is 3. The molecular weight excluding hydrogens is 284 g/mol. The van der Waals surface area contributed by atoms with Crippen LogP contribution in [0.3, 0.4) is 0 Å². The summed E-state index contributed by atoms with van der Waals surface area (Å²) in [6.45, 7) is 1.81. The molecular formula is C14H15F2NO4. The van der Waals surface area contributed by atoms with E-state index in [-0.39, 0.29) is 25.2 Å². The minimum absolute atomic E-state index is 0.0969. The Balaban J connectivity index is 2.25. The van der Waals surface area contributed by atoms with Crippen molar-refractivity contribution in [3.8, 4) is 5.75 Å². The summed E-state index contributed by atoms with van der Waals surface area (Å²) >= 11 is 0. The Bertz CT molecular complexity index is 570. The van der Waals surface area contributed by atoms with Crippen LogP contribution in [0.4, 0.5) is 8.78 Å². The van der Waals surface area contributed by atoms with Gasteiger partial charge in [-0.1, -0.05) is 12.1 Å². The molecule has 0 spiro atoms. The summed E-state index contributed by atoms with van der Waals surface area (Å²) in [7, 11) is 0. The second-order valence-corrected chi connectivity index (χ2v) is 4.84. The van der Waals surface area contributed by atoms with Gasteiger partial charge in [0.05, 0.1) is 12.2 Å². The van der Waals surface area contributed by atoms with Crippen molar-refractivity contribution in [2.75, 3.05) is 6.61 Å². The highest BCUT2D eigenvalue weighted by Gasteiger charge is 2.55. The number of nitrogens with one attached hydrogen (secondary N) is 1. The third kappa shape index (κ3) is 2.81. The Morgan fingerprint density at radius 3 is 2.52 bits per heavy atom. The molecule has 1 fully saturated rings. The average molecular weight is 299 g/mol. The smallest absolute Gasteiger partial charge is 0.353 e. The molecule has 114 valence electrons. The molecule has 1 aliphatic carbocycles. The number of carboxylic acid groups (broad SMARTS) is 1. The molecule has 0 radical (unpaired) electrons. The Labute approximate surface area is 119 Å². The summed E-state index contributed by atoms with van der Waals surface area (Å²) in [6, 6.07) is 5.31. The highest BCUT2D eigenvalue weighted by atomic mass is 19.3. The fourth-order valence-electron chi connectivity index (χ4n) is 1.94. The average Bonchev–Trinajstić information content (AvgIpc) is 3.20. The molecule has 0 unspecified atom stereocenters. The van der Waals surface area contributed by atoms with Gasteiger partial charge in [0, 0.05) is 0 Å². The van der Waals surface area contributed by atoms with Gasteiger partial charge in [-0.25, -0.2) is 4.79 Å². The number of para-hydroxylation sites is 1. The Kier molecular flexibility index (Phi) is 3.85. The quantitative estimate of drug-likeness (QED) is 0.841. The van der Waals surface area contributed by atoms with Crippen LogP contribution in [0.2, 0.25) is 0 Å². The van der Waals surface area contributed by atoms with E-state index in [0.717, 1.165) is 6.07 Å². The second-order valence-electron chi connectivity index (χ2n) is 4.84. The summed E-state index contributed by atoms with van der Waals surface area (Å²) in [4.78, 5) is 22.8. The molecule has 5 nitrogen and oxygen atoms in total. The predicted octanol–water partition coefficient (Wildman–Crippen LogP) is 1.91. The highest BCUT2D eigenvalue weighted by Crippen LogP contribution is 2.40. The molecule has 2 rings (SSSR count). The first-order chi connectivity index (χ1) is 9.83. The summed E-state index contributed by atoms with van der Waals surface area (Å²) in [5.41, 5.74) is -2.13. The zero-order valence-corrected chi connectivity index (χ0v) is 11.4. The highest BCUT2D eigenvalue weighted by molar-refractivity contribution is 5.93. The minimum Gasteiger partial charge on any atom is -0.493 e. The van der Waals surface area contributed by atoms with E-state index < -0.39 is 28.9 Å². The van der Waals surface area contributed by atoms with E-state index in [1.807, 2.05) is 5.32 Å². The van der Waals surface area contributed by atoms with Crippen molar-refractivity contribution in [2.24, 2.45) is 0 Å². The van der Waals surface area contributed by atoms with E-state index in [2.05, 4.69) is 0 Å². The molecule has 21 heavy (non-hydrogen) atoms. The number of alkyl halides is 2. The number of carbonyl (C=O) groups excluding carboxylic acids is 1. The fraction of sp³-hybridized carbons (Fsp3) is 0.429. The minimum atomic E-state index is -3.86. The van der Waals surface area contributed by atoms with Crippen molar-refractivity contribution < 1.29 is 28.2 Å². The number of rotatable bonds is 6. The van der Waals surface area contributed by atoms with Gasteiger partial charge in [-0.05, 0) is 31.9 Å². The van der Waals surface area contributed by atoms with Crippen LogP contribution in [-0.4, -0.2) is 29.1 Å². The van der Waals surface area contributed by atoms with E-state index in [1.54, 1.807) is 6.92 Å². The molecule has 0 heterocycles. The number of carbonyl (C=O) groups is 2. The fourth-order valence-corrected chi connectivity index (χ4v) is 1.94. The van der Waals surface area contributed by atoms with Crippen molar-refractivity contribution in [3.05, 3.63) is 29.8 Å². The van der Waals surface area contributed by atoms with Gasteiger partial charge in [0.25, 0.3) is 5.91 Å². The number of carboxylic acids is 1. The van der Waals surface area contributed by atoms with E-state index in [0.29, 0.717) is 0 Å². The Morgan fingerprint density at radius 1 is 1.38 bits per heavy atom. The first-order valence-corrected chi connectivity index (χ1v) is 6.49. The summed E-state index contributed by atoms with van der Waals surface area (Å²) < 4.78 is 33.6. The molecule has 1 saturated carbocycles. The number of amides is 1. The van der Waals surface area contributed by atoms with Crippen molar-refractivity contribution in [1.82, 2.24) is 5.32 Å². The van der Waals surface area contributed by atoms with Gasteiger partial charge in [-0.2, -0.15) is 8.78 Å². The van der Waals surface area contributed by atoms with Gasteiger partial charge in [0.1, 0.15) is 11.3 Å². The third-order valence-corrected chi connectivity index (χ3v) is 3.32. The monoisotopic (exact) mass is 299 g/mol. The first-order valence-electron chi connectivity index (χ1n) is 6.49. The molecule has 1 aliphatic rings. The second kappa shape index (κ2) is 5.31. The van der Waals surface area contributed by atoms with Crippen molar-refractivity contribution in [3.63, 3.8) is 0 Å². The Hall–Kier alpha value is -2.18. The number of benzene rings is 1. The van der Waals surface area contributed by atoms with Crippen LogP contribution in [0.1, 0.15) is 25.3 Å². The molecule has 0 saturated heterocycles. The molecule has 0 aromatic heterocycles. The standard InChI is InChI=1S/C14H15F2NO4/c1-2-21-10-6-4-3-5-9(10)14(15,16)11(18)17-13(7-8-13)12(19)20/h3-6H,2,7-8H2,1H3,(H,17,18)(H,19,20). The van der Waals surface area contributed by atoms with Gasteiger partial charge in [0.2, 0.25) is 0 Å². The molecule has 1 amide bonds. The summed E-state index contributed by atoms with van der Waals surface area (Å²) in [5, 5.41) is 10.9. The number of ether oxygens (including phenoxy) is 1. The molecule has 0 bridgehead atoms. The summed E-state index contributed by atoms with van der Waals surface area (Å²) in [5.74, 6) is -6.89. The third-order valence-electron chi connectivity index (χ3n) is 3.32. The van der Waals surface area contributed by atoms with Crippen LogP contribution in [0.25, 0.3) is 0 Å². The zero-order valence-electron chi connectivity index (χ0n) is 11.4. The first kappa shape index (κ1) is 15.2. The molecule has 2 N–H and O–H groups in total. The van der Waals surface area contributed by atoms with E-state index in [1.165, 1.54) is 18.2 Å². The topological polar surface area (TPSA) is 75.6 Å². The van der Waals surface area contributed by atoms with Crippen LogP contribution < -0.4 is 10.1 Å². The molecule has 0 atom stereocenters. The van der Waals surface area contributed by atoms with Crippen LogP contribution in [0.5, 0.6) is 5.75 Å². The van der Waals surface area contributed by atoms with Crippen molar-refractivity contribution >= 4 is 11.9 Å². The molecule has 1 aromatic carbocycles. The van der Waals surface area contributed by atoms with Crippen LogP contribution >= 0.6 is 0 Å². The number of halogens is 2. The van der Waals surface area contributed by atoms with E-state index in [9.17, 15) is 18.4 Å². The zero-order chi connectivity index (χ0) is 15.7. The number of hydrogen-bond donors (Lipinski definition) is 2. The molecule has 0 aliphatic heterocycles. The lowest BCUT2D eigenvalue weighted by atomic mass is 10.1.